The Labute approximate surface area is 126 Å². The molecule has 0 aliphatic carbocycles. The molecule has 2 aromatic rings. The van der Waals surface area contributed by atoms with Crippen molar-refractivity contribution in [3.8, 4) is 11.5 Å². The predicted octanol–water partition coefficient (Wildman–Crippen LogP) is 2.56. The number of rotatable bonds is 4. The number of carbonyl (C=O) groups excluding carboxylic acids is 1. The zero-order valence-electron chi connectivity index (χ0n) is 11.5. The minimum Gasteiger partial charge on any atom is -0.454 e. The molecule has 0 bridgehead atoms. The number of carbonyl (C=O) groups is 1. The first-order valence-corrected chi connectivity index (χ1v) is 7.36. The highest BCUT2D eigenvalue weighted by Crippen LogP contribution is 2.32. The van der Waals surface area contributed by atoms with E-state index in [-0.39, 0.29) is 12.7 Å². The Bertz CT molecular complexity index is 680. The van der Waals surface area contributed by atoms with Crippen molar-refractivity contribution >= 4 is 23.0 Å². The summed E-state index contributed by atoms with van der Waals surface area (Å²) < 4.78 is 10.6. The molecule has 0 saturated heterocycles. The summed E-state index contributed by atoms with van der Waals surface area (Å²) in [7, 11) is 0. The second kappa shape index (κ2) is 5.97. The van der Waals surface area contributed by atoms with Crippen LogP contribution in [0.25, 0.3) is 0 Å². The fourth-order valence-corrected chi connectivity index (χ4v) is 2.65. The first-order chi connectivity index (χ1) is 10.2. The summed E-state index contributed by atoms with van der Waals surface area (Å²) in [6.45, 7) is 2.08. The Hall–Kier alpha value is -2.34. The second-order valence-corrected chi connectivity index (χ2v) is 5.59. The van der Waals surface area contributed by atoms with Gasteiger partial charge in [-0.05, 0) is 36.6 Å². The number of hydrazone groups is 1. The van der Waals surface area contributed by atoms with Gasteiger partial charge in [0, 0.05) is 10.4 Å². The molecule has 3 rings (SSSR count). The van der Waals surface area contributed by atoms with Crippen LogP contribution in [0.3, 0.4) is 0 Å². The maximum absolute atomic E-state index is 11.8. The van der Waals surface area contributed by atoms with E-state index in [2.05, 4.69) is 10.5 Å². The summed E-state index contributed by atoms with van der Waals surface area (Å²) >= 11 is 1.56. The van der Waals surface area contributed by atoms with Crippen LogP contribution in [0.4, 0.5) is 0 Å². The van der Waals surface area contributed by atoms with E-state index in [4.69, 9.17) is 9.47 Å². The van der Waals surface area contributed by atoms with Crippen LogP contribution in [-0.4, -0.2) is 18.4 Å². The molecular weight excluding hydrogens is 288 g/mol. The van der Waals surface area contributed by atoms with E-state index in [1.807, 2.05) is 42.6 Å². The Morgan fingerprint density at radius 1 is 1.33 bits per heavy atom. The topological polar surface area (TPSA) is 59.9 Å². The van der Waals surface area contributed by atoms with Crippen LogP contribution >= 0.6 is 11.3 Å². The highest BCUT2D eigenvalue weighted by molar-refractivity contribution is 7.10. The van der Waals surface area contributed by atoms with E-state index in [9.17, 15) is 4.79 Å². The monoisotopic (exact) mass is 302 g/mol. The van der Waals surface area contributed by atoms with Crippen molar-refractivity contribution in [3.05, 3.63) is 46.2 Å². The largest absolute Gasteiger partial charge is 0.454 e. The SMILES string of the molecule is C/C(=N/NC(=O)Cc1cccs1)c1ccc2c(c1)OCO2. The third-order valence-corrected chi connectivity index (χ3v) is 3.93. The molecule has 0 fully saturated rings. The molecule has 0 saturated carbocycles. The van der Waals surface area contributed by atoms with Gasteiger partial charge in [-0.2, -0.15) is 5.10 Å². The molecule has 1 aromatic carbocycles. The summed E-state index contributed by atoms with van der Waals surface area (Å²) in [5, 5.41) is 6.07. The van der Waals surface area contributed by atoms with Crippen LogP contribution < -0.4 is 14.9 Å². The maximum Gasteiger partial charge on any atom is 0.245 e. The maximum atomic E-state index is 11.8. The number of thiophene rings is 1. The first-order valence-electron chi connectivity index (χ1n) is 6.48. The molecule has 21 heavy (non-hydrogen) atoms. The Balaban J connectivity index is 1.64. The average Bonchev–Trinajstić information content (AvgIpc) is 3.14. The van der Waals surface area contributed by atoms with Crippen LogP contribution in [0.15, 0.2) is 40.8 Å². The molecule has 6 heteroatoms. The van der Waals surface area contributed by atoms with E-state index < -0.39 is 0 Å². The zero-order chi connectivity index (χ0) is 14.7. The normalized spacial score (nSPS) is 13.3. The van der Waals surface area contributed by atoms with Crippen molar-refractivity contribution < 1.29 is 14.3 Å². The van der Waals surface area contributed by atoms with Gasteiger partial charge in [-0.3, -0.25) is 4.79 Å². The predicted molar refractivity (Wildman–Crippen MR) is 80.9 cm³/mol. The van der Waals surface area contributed by atoms with E-state index in [0.717, 1.165) is 16.2 Å². The molecule has 0 unspecified atom stereocenters. The highest BCUT2D eigenvalue weighted by Gasteiger charge is 2.14. The van der Waals surface area contributed by atoms with E-state index in [1.165, 1.54) is 0 Å². The van der Waals surface area contributed by atoms with Gasteiger partial charge >= 0.3 is 0 Å². The number of nitrogens with one attached hydrogen (secondary N) is 1. The molecule has 1 aliphatic heterocycles. The van der Waals surface area contributed by atoms with Crippen LogP contribution in [0.5, 0.6) is 11.5 Å². The van der Waals surface area contributed by atoms with Gasteiger partial charge in [-0.15, -0.1) is 11.3 Å². The number of amides is 1. The van der Waals surface area contributed by atoms with Crippen molar-refractivity contribution in [2.24, 2.45) is 5.10 Å². The molecule has 0 radical (unpaired) electrons. The molecule has 1 N–H and O–H groups in total. The van der Waals surface area contributed by atoms with Gasteiger partial charge in [0.05, 0.1) is 12.1 Å². The lowest BCUT2D eigenvalue weighted by molar-refractivity contribution is -0.120. The van der Waals surface area contributed by atoms with E-state index in [0.29, 0.717) is 17.9 Å². The average molecular weight is 302 g/mol. The van der Waals surface area contributed by atoms with Gasteiger partial charge < -0.3 is 9.47 Å². The summed E-state index contributed by atoms with van der Waals surface area (Å²) in [5.74, 6) is 1.30. The molecule has 2 heterocycles. The minimum atomic E-state index is -0.127. The number of benzene rings is 1. The van der Waals surface area contributed by atoms with Gasteiger partial charge in [0.2, 0.25) is 12.7 Å². The zero-order valence-corrected chi connectivity index (χ0v) is 12.3. The lowest BCUT2D eigenvalue weighted by atomic mass is 10.1. The third-order valence-electron chi connectivity index (χ3n) is 3.05. The number of ether oxygens (including phenoxy) is 2. The first kappa shape index (κ1) is 13.6. The summed E-state index contributed by atoms with van der Waals surface area (Å²) in [6.07, 6.45) is 0.343. The molecule has 0 spiro atoms. The standard InChI is InChI=1S/C15H14N2O3S/c1-10(11-4-5-13-14(7-11)20-9-19-13)16-17-15(18)8-12-3-2-6-21-12/h2-7H,8-9H2,1H3,(H,17,18)/b16-10-. The number of nitrogens with zero attached hydrogens (tertiary/aromatic N) is 1. The Morgan fingerprint density at radius 2 is 2.19 bits per heavy atom. The molecule has 108 valence electrons. The fraction of sp³-hybridized carbons (Fsp3) is 0.200. The molecule has 0 atom stereocenters. The highest BCUT2D eigenvalue weighted by atomic mass is 32.1. The van der Waals surface area contributed by atoms with Crippen LogP contribution in [0.2, 0.25) is 0 Å². The van der Waals surface area contributed by atoms with Crippen molar-refractivity contribution in [2.75, 3.05) is 6.79 Å². The fourth-order valence-electron chi connectivity index (χ4n) is 1.94. The quantitative estimate of drug-likeness (QED) is 0.697. The summed E-state index contributed by atoms with van der Waals surface area (Å²) in [6, 6.07) is 9.43. The van der Waals surface area contributed by atoms with Gasteiger partial charge in [0.15, 0.2) is 11.5 Å². The van der Waals surface area contributed by atoms with Crippen LogP contribution in [-0.2, 0) is 11.2 Å². The minimum absolute atomic E-state index is 0.127. The number of fused-ring (bicyclic) bond motifs is 1. The van der Waals surface area contributed by atoms with Crippen LogP contribution in [0.1, 0.15) is 17.4 Å². The van der Waals surface area contributed by atoms with Crippen molar-refractivity contribution in [1.82, 2.24) is 5.43 Å². The smallest absolute Gasteiger partial charge is 0.245 e. The number of hydrogen-bond acceptors (Lipinski definition) is 5. The summed E-state index contributed by atoms with van der Waals surface area (Å²) in [4.78, 5) is 12.8. The van der Waals surface area contributed by atoms with Crippen molar-refractivity contribution in [3.63, 3.8) is 0 Å². The van der Waals surface area contributed by atoms with Gasteiger partial charge in [0.25, 0.3) is 0 Å². The van der Waals surface area contributed by atoms with E-state index in [1.54, 1.807) is 11.3 Å². The number of hydrogen-bond donors (Lipinski definition) is 1. The molecule has 1 aliphatic rings. The second-order valence-electron chi connectivity index (χ2n) is 4.56. The van der Waals surface area contributed by atoms with Gasteiger partial charge in [-0.25, -0.2) is 5.43 Å². The summed E-state index contributed by atoms with van der Waals surface area (Å²) in [5.41, 5.74) is 4.17. The van der Waals surface area contributed by atoms with Gasteiger partial charge in [0.1, 0.15) is 0 Å². The molecule has 1 aromatic heterocycles. The lowest BCUT2D eigenvalue weighted by Crippen LogP contribution is -2.20. The van der Waals surface area contributed by atoms with Crippen molar-refractivity contribution in [1.29, 1.82) is 0 Å². The lowest BCUT2D eigenvalue weighted by Gasteiger charge is -2.03. The van der Waals surface area contributed by atoms with Crippen molar-refractivity contribution in [2.45, 2.75) is 13.3 Å². The van der Waals surface area contributed by atoms with Gasteiger partial charge in [-0.1, -0.05) is 6.07 Å². The molecular formula is C15H14N2O3S. The Morgan fingerprint density at radius 3 is 3.00 bits per heavy atom. The van der Waals surface area contributed by atoms with E-state index >= 15 is 0 Å². The molecule has 1 amide bonds. The molecule has 5 nitrogen and oxygen atoms in total. The Kier molecular flexibility index (Phi) is 3.87. The third kappa shape index (κ3) is 3.22. The van der Waals surface area contributed by atoms with Crippen LogP contribution in [0, 0.1) is 0 Å².